The van der Waals surface area contributed by atoms with Crippen LogP contribution in [-0.2, 0) is 9.05 Å². The Balaban J connectivity index is 2.36. The normalized spacial score (nSPS) is 11.3. The van der Waals surface area contributed by atoms with Crippen molar-refractivity contribution in [1.29, 1.82) is 0 Å². The molecule has 0 spiro atoms. The van der Waals surface area contributed by atoms with E-state index >= 15 is 0 Å². The largest absolute Gasteiger partial charge is 0.456 e. The van der Waals surface area contributed by atoms with E-state index in [-0.39, 0.29) is 4.90 Å². The van der Waals surface area contributed by atoms with Gasteiger partial charge in [0.25, 0.3) is 9.05 Å². The molecule has 6 heteroatoms. The zero-order chi connectivity index (χ0) is 14.0. The highest BCUT2D eigenvalue weighted by atomic mass is 79.9. The molecule has 100 valence electrons. The number of halogens is 2. The average molecular weight is 362 g/mol. The topological polar surface area (TPSA) is 43.4 Å². The lowest BCUT2D eigenvalue weighted by Crippen LogP contribution is -1.93. The van der Waals surface area contributed by atoms with E-state index in [1.807, 2.05) is 31.2 Å². The van der Waals surface area contributed by atoms with Crippen LogP contribution in [0.5, 0.6) is 11.5 Å². The molecule has 2 aromatic rings. The Hall–Kier alpha value is -1.04. The maximum atomic E-state index is 11.2. The minimum Gasteiger partial charge on any atom is -0.456 e. The second-order valence-electron chi connectivity index (χ2n) is 3.90. The summed E-state index contributed by atoms with van der Waals surface area (Å²) in [5, 5.41) is 0. The Bertz CT molecular complexity index is 714. The Morgan fingerprint density at radius 3 is 2.37 bits per heavy atom. The van der Waals surface area contributed by atoms with Gasteiger partial charge < -0.3 is 4.74 Å². The van der Waals surface area contributed by atoms with E-state index in [1.54, 1.807) is 6.07 Å². The molecule has 0 heterocycles. The highest BCUT2D eigenvalue weighted by Crippen LogP contribution is 2.33. The zero-order valence-electron chi connectivity index (χ0n) is 9.93. The molecule has 0 aliphatic heterocycles. The van der Waals surface area contributed by atoms with Gasteiger partial charge in [0.2, 0.25) is 0 Å². The Morgan fingerprint density at radius 2 is 1.79 bits per heavy atom. The van der Waals surface area contributed by atoms with Crippen molar-refractivity contribution in [1.82, 2.24) is 0 Å². The van der Waals surface area contributed by atoms with Gasteiger partial charge in [0.05, 0.1) is 9.37 Å². The summed E-state index contributed by atoms with van der Waals surface area (Å²) in [4.78, 5) is 0.0261. The van der Waals surface area contributed by atoms with Gasteiger partial charge in [0, 0.05) is 10.7 Å². The van der Waals surface area contributed by atoms with E-state index in [2.05, 4.69) is 15.9 Å². The van der Waals surface area contributed by atoms with Gasteiger partial charge in [0.1, 0.15) is 11.5 Å². The Kier molecular flexibility index (Phi) is 4.18. The molecule has 0 bridgehead atoms. The molecular formula is C13H10BrClO3S. The van der Waals surface area contributed by atoms with Crippen LogP contribution >= 0.6 is 26.6 Å². The first-order valence-electron chi connectivity index (χ1n) is 5.35. The molecule has 0 fully saturated rings. The standard InChI is InChI=1S/C13H10BrClO3S/c1-9-4-2-3-5-12(9)18-13-7-6-10(8-11(13)14)19(15,16)17/h2-8H,1H3. The summed E-state index contributed by atoms with van der Waals surface area (Å²) in [6, 6.07) is 11.9. The number of aryl methyl sites for hydroxylation is 1. The fourth-order valence-corrected chi connectivity index (χ4v) is 2.89. The monoisotopic (exact) mass is 360 g/mol. The maximum absolute atomic E-state index is 11.2. The molecule has 2 rings (SSSR count). The van der Waals surface area contributed by atoms with Gasteiger partial charge in [-0.15, -0.1) is 0 Å². The Labute approximate surface area is 124 Å². The smallest absolute Gasteiger partial charge is 0.261 e. The first-order chi connectivity index (χ1) is 8.88. The number of hydrogen-bond acceptors (Lipinski definition) is 3. The van der Waals surface area contributed by atoms with Crippen molar-refractivity contribution in [2.45, 2.75) is 11.8 Å². The van der Waals surface area contributed by atoms with E-state index in [4.69, 9.17) is 15.4 Å². The van der Waals surface area contributed by atoms with E-state index < -0.39 is 9.05 Å². The van der Waals surface area contributed by atoms with Gasteiger partial charge in [-0.25, -0.2) is 8.42 Å². The molecule has 0 saturated heterocycles. The van der Waals surface area contributed by atoms with Crippen LogP contribution in [0.4, 0.5) is 0 Å². The maximum Gasteiger partial charge on any atom is 0.261 e. The number of hydrogen-bond donors (Lipinski definition) is 0. The molecule has 19 heavy (non-hydrogen) atoms. The van der Waals surface area contributed by atoms with Crippen LogP contribution in [0.2, 0.25) is 0 Å². The molecule has 0 aliphatic carbocycles. The second kappa shape index (κ2) is 5.53. The van der Waals surface area contributed by atoms with Crippen LogP contribution in [0.1, 0.15) is 5.56 Å². The minimum atomic E-state index is -3.74. The van der Waals surface area contributed by atoms with Crippen molar-refractivity contribution < 1.29 is 13.2 Å². The van der Waals surface area contributed by atoms with E-state index in [1.165, 1.54) is 12.1 Å². The zero-order valence-corrected chi connectivity index (χ0v) is 13.1. The SMILES string of the molecule is Cc1ccccc1Oc1ccc(S(=O)(=O)Cl)cc1Br. The summed E-state index contributed by atoms with van der Waals surface area (Å²) in [6.45, 7) is 1.93. The molecule has 0 radical (unpaired) electrons. The third-order valence-electron chi connectivity index (χ3n) is 2.50. The van der Waals surface area contributed by atoms with Crippen molar-refractivity contribution in [3.05, 3.63) is 52.5 Å². The molecule has 3 nitrogen and oxygen atoms in total. The number of rotatable bonds is 3. The molecule has 0 unspecified atom stereocenters. The predicted molar refractivity (Wildman–Crippen MR) is 78.4 cm³/mol. The van der Waals surface area contributed by atoms with Crippen molar-refractivity contribution in [2.75, 3.05) is 0 Å². The van der Waals surface area contributed by atoms with E-state index in [0.717, 1.165) is 5.56 Å². The van der Waals surface area contributed by atoms with Crippen LogP contribution in [-0.4, -0.2) is 8.42 Å². The minimum absolute atomic E-state index is 0.0261. The van der Waals surface area contributed by atoms with Crippen molar-refractivity contribution in [2.24, 2.45) is 0 Å². The summed E-state index contributed by atoms with van der Waals surface area (Å²) in [7, 11) is 1.54. The van der Waals surface area contributed by atoms with E-state index in [0.29, 0.717) is 16.0 Å². The molecule has 0 aliphatic rings. The van der Waals surface area contributed by atoms with Crippen LogP contribution in [0.15, 0.2) is 51.8 Å². The average Bonchev–Trinajstić information content (AvgIpc) is 2.33. The highest BCUT2D eigenvalue weighted by Gasteiger charge is 2.13. The highest BCUT2D eigenvalue weighted by molar-refractivity contribution is 9.10. The van der Waals surface area contributed by atoms with Crippen LogP contribution in [0.3, 0.4) is 0 Å². The molecule has 0 atom stereocenters. The van der Waals surface area contributed by atoms with Gasteiger partial charge >= 0.3 is 0 Å². The summed E-state index contributed by atoms with van der Waals surface area (Å²) >= 11 is 3.27. The van der Waals surface area contributed by atoms with Crippen molar-refractivity contribution in [3.63, 3.8) is 0 Å². The third-order valence-corrected chi connectivity index (χ3v) is 4.47. The lowest BCUT2D eigenvalue weighted by atomic mass is 10.2. The van der Waals surface area contributed by atoms with Gasteiger partial charge in [-0.2, -0.15) is 0 Å². The van der Waals surface area contributed by atoms with Gasteiger partial charge in [0.15, 0.2) is 0 Å². The van der Waals surface area contributed by atoms with Crippen LogP contribution in [0.25, 0.3) is 0 Å². The molecule has 2 aromatic carbocycles. The summed E-state index contributed by atoms with van der Waals surface area (Å²) in [5.74, 6) is 1.24. The summed E-state index contributed by atoms with van der Waals surface area (Å²) < 4.78 is 28.7. The van der Waals surface area contributed by atoms with Crippen molar-refractivity contribution in [3.8, 4) is 11.5 Å². The Morgan fingerprint density at radius 1 is 1.11 bits per heavy atom. The van der Waals surface area contributed by atoms with Gasteiger partial charge in [-0.3, -0.25) is 0 Å². The summed E-state index contributed by atoms with van der Waals surface area (Å²) in [6.07, 6.45) is 0. The lowest BCUT2D eigenvalue weighted by Gasteiger charge is -2.10. The molecule has 0 saturated carbocycles. The first kappa shape index (κ1) is 14.4. The second-order valence-corrected chi connectivity index (χ2v) is 7.32. The lowest BCUT2D eigenvalue weighted by molar-refractivity contribution is 0.475. The fourth-order valence-electron chi connectivity index (χ4n) is 1.51. The van der Waals surface area contributed by atoms with Crippen LogP contribution in [0, 0.1) is 6.92 Å². The number of para-hydroxylation sites is 1. The molecular weight excluding hydrogens is 352 g/mol. The van der Waals surface area contributed by atoms with Crippen LogP contribution < -0.4 is 4.74 Å². The summed E-state index contributed by atoms with van der Waals surface area (Å²) in [5.41, 5.74) is 0.989. The number of ether oxygens (including phenoxy) is 1. The quantitative estimate of drug-likeness (QED) is 0.757. The molecule has 0 aromatic heterocycles. The van der Waals surface area contributed by atoms with Gasteiger partial charge in [-0.05, 0) is 52.7 Å². The fraction of sp³-hybridized carbons (Fsp3) is 0.0769. The molecule has 0 amide bonds. The molecule has 0 N–H and O–H groups in total. The third kappa shape index (κ3) is 3.49. The van der Waals surface area contributed by atoms with E-state index in [9.17, 15) is 8.42 Å². The predicted octanol–water partition coefficient (Wildman–Crippen LogP) is 4.48. The number of benzene rings is 2. The van der Waals surface area contributed by atoms with Crippen molar-refractivity contribution >= 4 is 35.7 Å². The van der Waals surface area contributed by atoms with Gasteiger partial charge in [-0.1, -0.05) is 18.2 Å². The first-order valence-corrected chi connectivity index (χ1v) is 8.46.